The molecule has 74 heavy (non-hydrogen) atoms. The first kappa shape index (κ1) is 57.5. The van der Waals surface area contributed by atoms with Gasteiger partial charge in [-0.2, -0.15) is 0 Å². The summed E-state index contributed by atoms with van der Waals surface area (Å²) in [6.07, 6.45) is -21.7. The molecule has 0 aromatic heterocycles. The van der Waals surface area contributed by atoms with Crippen LogP contribution in [0.5, 0.6) is 0 Å². The highest BCUT2D eigenvalue weighted by atomic mass is 16.8. The van der Waals surface area contributed by atoms with Gasteiger partial charge in [-0.05, 0) is 98.7 Å². The van der Waals surface area contributed by atoms with E-state index in [1.807, 2.05) is 6.92 Å². The van der Waals surface area contributed by atoms with Crippen molar-refractivity contribution in [3.63, 3.8) is 0 Å². The zero-order chi connectivity index (χ0) is 53.5. The van der Waals surface area contributed by atoms with E-state index in [0.29, 0.717) is 43.4 Å². The maximum Gasteiger partial charge on any atom is 0.187 e. The number of hydrogen-bond donors (Lipinski definition) is 14. The fourth-order valence-electron chi connectivity index (χ4n) is 14.9. The van der Waals surface area contributed by atoms with E-state index in [-0.39, 0.29) is 41.3 Å². The predicted octanol–water partition coefficient (Wildman–Crippen LogP) is -3.01. The van der Waals surface area contributed by atoms with Crippen LogP contribution < -0.4 is 0 Å². The minimum atomic E-state index is -1.77. The zero-order valence-electron chi connectivity index (χ0n) is 42.9. The van der Waals surface area contributed by atoms with Gasteiger partial charge in [-0.25, -0.2) is 0 Å². The van der Waals surface area contributed by atoms with Crippen molar-refractivity contribution in [1.29, 1.82) is 0 Å². The predicted molar refractivity (Wildman–Crippen MR) is 250 cm³/mol. The molecule has 426 valence electrons. The molecule has 23 heteroatoms. The molecule has 0 aromatic carbocycles. The second kappa shape index (κ2) is 22.4. The van der Waals surface area contributed by atoms with Crippen LogP contribution in [0.1, 0.15) is 92.4 Å². The lowest BCUT2D eigenvalue weighted by atomic mass is 9.47. The minimum Gasteiger partial charge on any atom is -0.394 e. The monoisotopic (exact) mass is 1060 g/mol. The van der Waals surface area contributed by atoms with E-state index in [4.69, 9.17) is 42.6 Å². The van der Waals surface area contributed by atoms with Crippen LogP contribution in [-0.2, 0) is 42.6 Å². The molecule has 9 rings (SSSR count). The number of rotatable bonds is 15. The lowest BCUT2D eigenvalue weighted by Crippen LogP contribution is -2.65. The van der Waals surface area contributed by atoms with E-state index >= 15 is 0 Å². The van der Waals surface area contributed by atoms with Gasteiger partial charge < -0.3 is 114 Å². The summed E-state index contributed by atoms with van der Waals surface area (Å²) in [6.45, 7) is 8.60. The molecule has 4 aliphatic carbocycles. The summed E-state index contributed by atoms with van der Waals surface area (Å²) < 4.78 is 53.6. The van der Waals surface area contributed by atoms with Gasteiger partial charge in [0.05, 0.1) is 44.7 Å². The van der Waals surface area contributed by atoms with Crippen LogP contribution in [-0.4, -0.2) is 239 Å². The SMILES string of the molecule is C[C@H](CC[C@]1(O)OC2CC3C4CC=C5C[C@@H](O[C@@H]6O[C@H](CO[C@@H]7O[C@H](CO)[C@@H](O)[C@H](O)[C@H]7O)[C@@H](O)[C@H](O[C@@H]7O[C@@H](C)[C@H](O)[C@@H](O)[C@H]7O)[C@H]6O)CC[C@]5(C)C4CC[C@]3(C)C2[C@@H]1C)CO[C@@H]1O[C@H](CO)[C@@H](O)[C@H](O)[C@H]1O. The number of fused-ring (bicyclic) bond motifs is 7. The Morgan fingerprint density at radius 3 is 1.89 bits per heavy atom. The Bertz CT molecular complexity index is 1920. The molecule has 0 amide bonds. The second-order valence-corrected chi connectivity index (χ2v) is 23.9. The van der Waals surface area contributed by atoms with Crippen LogP contribution in [0, 0.1) is 46.3 Å². The highest BCUT2D eigenvalue weighted by molar-refractivity contribution is 5.26. The van der Waals surface area contributed by atoms with Crippen molar-refractivity contribution in [3.8, 4) is 0 Å². The molecule has 8 fully saturated rings. The number of aliphatic hydroxyl groups is 14. The van der Waals surface area contributed by atoms with Crippen LogP contribution in [0.25, 0.3) is 0 Å². The van der Waals surface area contributed by atoms with Crippen LogP contribution in [0.15, 0.2) is 11.6 Å². The Hall–Kier alpha value is -1.18. The van der Waals surface area contributed by atoms with Gasteiger partial charge in [0.1, 0.15) is 91.6 Å². The Morgan fingerprint density at radius 2 is 1.24 bits per heavy atom. The van der Waals surface area contributed by atoms with E-state index in [0.717, 1.165) is 32.1 Å². The van der Waals surface area contributed by atoms with Crippen LogP contribution >= 0.6 is 0 Å². The summed E-state index contributed by atoms with van der Waals surface area (Å²) in [7, 11) is 0. The Morgan fingerprint density at radius 1 is 0.649 bits per heavy atom. The van der Waals surface area contributed by atoms with Gasteiger partial charge >= 0.3 is 0 Å². The fraction of sp³-hybridized carbons (Fsp3) is 0.961. The van der Waals surface area contributed by atoms with E-state index in [1.54, 1.807) is 0 Å². The molecule has 14 N–H and O–H groups in total. The highest BCUT2D eigenvalue weighted by Gasteiger charge is 2.68. The quantitative estimate of drug-likeness (QED) is 0.0727. The number of aliphatic hydroxyl groups excluding tert-OH is 13. The van der Waals surface area contributed by atoms with Gasteiger partial charge in [0, 0.05) is 12.3 Å². The van der Waals surface area contributed by atoms with Gasteiger partial charge in [0.25, 0.3) is 0 Å². The summed E-state index contributed by atoms with van der Waals surface area (Å²) in [6, 6.07) is 0. The average Bonchev–Trinajstić information content (AvgIpc) is 3.82. The second-order valence-electron chi connectivity index (χ2n) is 23.9. The van der Waals surface area contributed by atoms with Gasteiger partial charge in [0.15, 0.2) is 30.9 Å². The molecule has 0 spiro atoms. The maximum atomic E-state index is 12.1. The lowest BCUT2D eigenvalue weighted by molar-refractivity contribution is -0.368. The molecule has 5 aliphatic heterocycles. The van der Waals surface area contributed by atoms with Gasteiger partial charge in [-0.1, -0.05) is 39.3 Å². The van der Waals surface area contributed by atoms with Gasteiger partial charge in [-0.15, -0.1) is 0 Å². The largest absolute Gasteiger partial charge is 0.394 e. The van der Waals surface area contributed by atoms with Gasteiger partial charge in [0.2, 0.25) is 0 Å². The maximum absolute atomic E-state index is 12.1. The number of allylic oxidation sites excluding steroid dienone is 1. The molecule has 31 atom stereocenters. The minimum absolute atomic E-state index is 0.0646. The van der Waals surface area contributed by atoms with Crippen molar-refractivity contribution in [2.24, 2.45) is 46.3 Å². The Kier molecular flexibility index (Phi) is 17.4. The molecule has 0 radical (unpaired) electrons. The van der Waals surface area contributed by atoms with Crippen LogP contribution in [0.4, 0.5) is 0 Å². The van der Waals surface area contributed by atoms with Crippen molar-refractivity contribution in [2.45, 2.75) is 233 Å². The average molecular weight is 1070 g/mol. The third-order valence-electron chi connectivity index (χ3n) is 19.5. The highest BCUT2D eigenvalue weighted by Crippen LogP contribution is 2.70. The summed E-state index contributed by atoms with van der Waals surface area (Å²) in [4.78, 5) is 0. The Labute approximate surface area is 430 Å². The fourth-order valence-corrected chi connectivity index (χ4v) is 14.9. The lowest BCUT2D eigenvalue weighted by Gasteiger charge is -2.58. The molecule has 3 saturated carbocycles. The zero-order valence-corrected chi connectivity index (χ0v) is 42.9. The standard InChI is InChI=1S/C51H84O23/c1-20(18-66-45-40(61)38(59)34(55)29(16-52)70-45)8-13-51(65)21(2)32-28(74-51)15-27-25-7-6-23-14-24(9-11-49(23,4)26(25)10-12-50(27,32)5)69-48-43(64)44(73-47-42(63)37(58)33(54)22(3)68-47)36(57)31(72-48)19-67-46-41(62)39(60)35(56)30(17-53)71-46/h6,20-22,24-48,52-65H,7-19H2,1-5H3/t20-,21+,22+,24+,25?,26?,27?,28?,29-,30-,31-,32?,33+,34-,35-,36-,37-,38+,39+,40-,41-,42-,43-,44+,45-,46-,47+,48-,49+,50+,51+/m1/s1. The molecule has 0 aromatic rings. The van der Waals surface area contributed by atoms with Crippen molar-refractivity contribution in [1.82, 2.24) is 0 Å². The van der Waals surface area contributed by atoms with Crippen molar-refractivity contribution in [2.75, 3.05) is 26.4 Å². The molecule has 23 nitrogen and oxygen atoms in total. The van der Waals surface area contributed by atoms with Crippen molar-refractivity contribution in [3.05, 3.63) is 11.6 Å². The third kappa shape index (κ3) is 10.3. The molecule has 5 heterocycles. The van der Waals surface area contributed by atoms with E-state index in [1.165, 1.54) is 12.5 Å². The molecule has 5 saturated heterocycles. The Balaban J connectivity index is 0.833. The van der Waals surface area contributed by atoms with E-state index in [2.05, 4.69) is 26.8 Å². The summed E-state index contributed by atoms with van der Waals surface area (Å²) in [5.41, 5.74) is 1.04. The summed E-state index contributed by atoms with van der Waals surface area (Å²) in [5.74, 6) is -0.272. The van der Waals surface area contributed by atoms with E-state index < -0.39 is 155 Å². The number of hydrogen-bond acceptors (Lipinski definition) is 23. The summed E-state index contributed by atoms with van der Waals surface area (Å²) >= 11 is 0. The van der Waals surface area contributed by atoms with Crippen LogP contribution in [0.2, 0.25) is 0 Å². The molecule has 5 unspecified atom stereocenters. The molecule has 9 aliphatic rings. The molecular weight excluding hydrogens is 981 g/mol. The third-order valence-corrected chi connectivity index (χ3v) is 19.5. The first-order chi connectivity index (χ1) is 35.0. The van der Waals surface area contributed by atoms with Crippen LogP contribution in [0.3, 0.4) is 0 Å². The molecule has 0 bridgehead atoms. The summed E-state index contributed by atoms with van der Waals surface area (Å²) in [5, 5.41) is 148. The topological polar surface area (TPSA) is 366 Å². The van der Waals surface area contributed by atoms with E-state index in [9.17, 15) is 71.5 Å². The normalized spacial score (nSPS) is 54.9. The number of ether oxygens (including phenoxy) is 9. The molecular formula is C51H84O23. The van der Waals surface area contributed by atoms with Crippen molar-refractivity contribution >= 4 is 0 Å². The van der Waals surface area contributed by atoms with Crippen molar-refractivity contribution < 1.29 is 114 Å². The first-order valence-electron chi connectivity index (χ1n) is 26.9. The first-order valence-corrected chi connectivity index (χ1v) is 26.9. The smallest absolute Gasteiger partial charge is 0.187 e. The van der Waals surface area contributed by atoms with Gasteiger partial charge in [-0.3, -0.25) is 0 Å².